The van der Waals surface area contributed by atoms with Gasteiger partial charge in [-0.2, -0.15) is 0 Å². The van der Waals surface area contributed by atoms with Crippen LogP contribution >= 0.6 is 0 Å². The maximum atomic E-state index is 12.5. The molecule has 0 fully saturated rings. The van der Waals surface area contributed by atoms with E-state index in [0.717, 1.165) is 6.42 Å². The molecule has 2 amide bonds. The summed E-state index contributed by atoms with van der Waals surface area (Å²) in [6.07, 6.45) is 0.846. The zero-order valence-corrected chi connectivity index (χ0v) is 15.8. The molecule has 0 aliphatic heterocycles. The molecule has 2 aromatic rings. The molecule has 0 radical (unpaired) electrons. The monoisotopic (exact) mass is 370 g/mol. The second kappa shape index (κ2) is 11.0. The quantitative estimate of drug-likeness (QED) is 0.628. The predicted molar refractivity (Wildman–Crippen MR) is 105 cm³/mol. The molecular formula is C21H26N2O4. The molecular weight excluding hydrogens is 344 g/mol. The van der Waals surface area contributed by atoms with Gasteiger partial charge in [-0.3, -0.25) is 9.59 Å². The van der Waals surface area contributed by atoms with Gasteiger partial charge in [-0.1, -0.05) is 19.1 Å². The summed E-state index contributed by atoms with van der Waals surface area (Å²) in [6.45, 7) is 6.14. The fraction of sp³-hybridized carbons (Fsp3) is 0.333. The summed E-state index contributed by atoms with van der Waals surface area (Å²) in [5.41, 5.74) is 1.40. The molecule has 144 valence electrons. The average Bonchev–Trinajstić information content (AvgIpc) is 2.70. The van der Waals surface area contributed by atoms with Crippen molar-refractivity contribution in [3.63, 3.8) is 0 Å². The fourth-order valence-corrected chi connectivity index (χ4v) is 2.38. The van der Waals surface area contributed by atoms with Crippen molar-refractivity contribution in [3.8, 4) is 5.75 Å². The Kier molecular flexibility index (Phi) is 8.32. The molecule has 0 saturated heterocycles. The molecule has 0 bridgehead atoms. The maximum absolute atomic E-state index is 12.5. The van der Waals surface area contributed by atoms with Crippen LogP contribution in [0.4, 0.5) is 5.69 Å². The van der Waals surface area contributed by atoms with E-state index in [1.807, 2.05) is 13.8 Å². The van der Waals surface area contributed by atoms with Gasteiger partial charge < -0.3 is 20.1 Å². The first-order chi connectivity index (χ1) is 13.2. The van der Waals surface area contributed by atoms with Gasteiger partial charge in [0, 0.05) is 18.7 Å². The van der Waals surface area contributed by atoms with Crippen molar-refractivity contribution in [1.29, 1.82) is 0 Å². The van der Waals surface area contributed by atoms with Crippen LogP contribution in [0.15, 0.2) is 48.5 Å². The van der Waals surface area contributed by atoms with E-state index in [1.165, 1.54) is 0 Å². The molecule has 0 spiro atoms. The summed E-state index contributed by atoms with van der Waals surface area (Å²) in [6, 6.07) is 13.8. The number of carbonyl (C=O) groups is 2. The lowest BCUT2D eigenvalue weighted by Crippen LogP contribution is -2.25. The predicted octanol–water partition coefficient (Wildman–Crippen LogP) is 3.49. The van der Waals surface area contributed by atoms with Gasteiger partial charge >= 0.3 is 0 Å². The molecule has 27 heavy (non-hydrogen) atoms. The summed E-state index contributed by atoms with van der Waals surface area (Å²) in [7, 11) is 0. The minimum Gasteiger partial charge on any atom is -0.491 e. The molecule has 0 unspecified atom stereocenters. The van der Waals surface area contributed by atoms with Gasteiger partial charge in [0.2, 0.25) is 0 Å². The number of anilines is 1. The Morgan fingerprint density at radius 3 is 2.37 bits per heavy atom. The molecule has 0 heterocycles. The van der Waals surface area contributed by atoms with Gasteiger partial charge in [0.15, 0.2) is 0 Å². The molecule has 2 rings (SSSR count). The van der Waals surface area contributed by atoms with Gasteiger partial charge in [0.05, 0.1) is 17.9 Å². The van der Waals surface area contributed by atoms with Gasteiger partial charge in [-0.25, -0.2) is 0 Å². The lowest BCUT2D eigenvalue weighted by atomic mass is 10.1. The lowest BCUT2D eigenvalue weighted by Gasteiger charge is -2.11. The smallest absolute Gasteiger partial charge is 0.255 e. The average molecular weight is 370 g/mol. The highest BCUT2D eigenvalue weighted by Crippen LogP contribution is 2.18. The Morgan fingerprint density at radius 1 is 0.926 bits per heavy atom. The zero-order chi connectivity index (χ0) is 19.5. The first-order valence-electron chi connectivity index (χ1n) is 9.14. The largest absolute Gasteiger partial charge is 0.491 e. The van der Waals surface area contributed by atoms with Gasteiger partial charge in [0.25, 0.3) is 11.8 Å². The first kappa shape index (κ1) is 20.5. The lowest BCUT2D eigenvalue weighted by molar-refractivity contribution is 0.0954. The summed E-state index contributed by atoms with van der Waals surface area (Å²) in [4.78, 5) is 24.8. The molecule has 0 aromatic heterocycles. The Hall–Kier alpha value is -2.86. The third kappa shape index (κ3) is 6.42. The van der Waals surface area contributed by atoms with Crippen LogP contribution < -0.4 is 15.4 Å². The minimum atomic E-state index is -0.286. The second-order valence-corrected chi connectivity index (χ2v) is 5.83. The van der Waals surface area contributed by atoms with E-state index in [0.29, 0.717) is 48.9 Å². The number of hydrogen-bond donors (Lipinski definition) is 2. The van der Waals surface area contributed by atoms with Gasteiger partial charge in [0.1, 0.15) is 12.4 Å². The Bertz CT molecular complexity index is 744. The van der Waals surface area contributed by atoms with Crippen LogP contribution in [0, 0.1) is 0 Å². The number of benzene rings is 2. The molecule has 0 aliphatic rings. The summed E-state index contributed by atoms with van der Waals surface area (Å²) >= 11 is 0. The number of carbonyl (C=O) groups excluding carboxylic acids is 2. The normalized spacial score (nSPS) is 10.3. The summed E-state index contributed by atoms with van der Waals surface area (Å²) in [5, 5.41) is 5.62. The topological polar surface area (TPSA) is 76.7 Å². The highest BCUT2D eigenvalue weighted by atomic mass is 16.5. The number of ether oxygens (including phenoxy) is 2. The molecule has 6 heteroatoms. The maximum Gasteiger partial charge on any atom is 0.255 e. The van der Waals surface area contributed by atoms with E-state index in [9.17, 15) is 9.59 Å². The van der Waals surface area contributed by atoms with E-state index < -0.39 is 0 Å². The SMILES string of the molecule is CCCNC(=O)c1ccccc1NC(=O)c1ccc(OCCOCC)cc1. The first-order valence-corrected chi connectivity index (χ1v) is 9.14. The fourth-order valence-electron chi connectivity index (χ4n) is 2.38. The highest BCUT2D eigenvalue weighted by molar-refractivity contribution is 6.09. The van der Waals surface area contributed by atoms with Crippen LogP contribution in [-0.4, -0.2) is 38.2 Å². The van der Waals surface area contributed by atoms with Crippen LogP contribution in [0.3, 0.4) is 0 Å². The number of para-hydroxylation sites is 1. The van der Waals surface area contributed by atoms with Crippen molar-refractivity contribution < 1.29 is 19.1 Å². The minimum absolute atomic E-state index is 0.203. The van der Waals surface area contributed by atoms with Crippen molar-refractivity contribution in [1.82, 2.24) is 5.32 Å². The van der Waals surface area contributed by atoms with Crippen molar-refractivity contribution in [3.05, 3.63) is 59.7 Å². The van der Waals surface area contributed by atoms with Crippen molar-refractivity contribution in [2.75, 3.05) is 31.7 Å². The number of rotatable bonds is 10. The van der Waals surface area contributed by atoms with E-state index in [1.54, 1.807) is 48.5 Å². The van der Waals surface area contributed by atoms with Crippen LogP contribution in [-0.2, 0) is 4.74 Å². The van der Waals surface area contributed by atoms with Crippen LogP contribution in [0.5, 0.6) is 5.75 Å². The second-order valence-electron chi connectivity index (χ2n) is 5.83. The molecule has 2 aromatic carbocycles. The molecule has 2 N–H and O–H groups in total. The number of nitrogens with one attached hydrogen (secondary N) is 2. The van der Waals surface area contributed by atoms with E-state index >= 15 is 0 Å². The van der Waals surface area contributed by atoms with E-state index in [2.05, 4.69) is 10.6 Å². The number of hydrogen-bond acceptors (Lipinski definition) is 4. The van der Waals surface area contributed by atoms with Crippen LogP contribution in [0.25, 0.3) is 0 Å². The Labute approximate surface area is 159 Å². The summed E-state index contributed by atoms with van der Waals surface area (Å²) < 4.78 is 10.8. The standard InChI is InChI=1S/C21H26N2O4/c1-3-13-22-21(25)18-7-5-6-8-19(18)23-20(24)16-9-11-17(12-10-16)27-15-14-26-4-2/h5-12H,3-4,13-15H2,1-2H3,(H,22,25)(H,23,24). The highest BCUT2D eigenvalue weighted by Gasteiger charge is 2.13. The summed E-state index contributed by atoms with van der Waals surface area (Å²) in [5.74, 6) is 0.183. The molecule has 6 nitrogen and oxygen atoms in total. The molecule has 0 aliphatic carbocycles. The third-order valence-corrected chi connectivity index (χ3v) is 3.77. The number of amides is 2. The van der Waals surface area contributed by atoms with Crippen LogP contribution in [0.1, 0.15) is 41.0 Å². The van der Waals surface area contributed by atoms with Gasteiger partial charge in [-0.15, -0.1) is 0 Å². The van der Waals surface area contributed by atoms with Crippen LogP contribution in [0.2, 0.25) is 0 Å². The van der Waals surface area contributed by atoms with Crippen molar-refractivity contribution in [2.45, 2.75) is 20.3 Å². The molecule has 0 saturated carbocycles. The van der Waals surface area contributed by atoms with E-state index in [4.69, 9.17) is 9.47 Å². The van der Waals surface area contributed by atoms with Gasteiger partial charge in [-0.05, 0) is 49.7 Å². The van der Waals surface area contributed by atoms with Crippen molar-refractivity contribution >= 4 is 17.5 Å². The Balaban J connectivity index is 2.00. The molecule has 0 atom stereocenters. The van der Waals surface area contributed by atoms with E-state index in [-0.39, 0.29) is 11.8 Å². The van der Waals surface area contributed by atoms with Crippen molar-refractivity contribution in [2.24, 2.45) is 0 Å². The Morgan fingerprint density at radius 2 is 1.67 bits per heavy atom. The zero-order valence-electron chi connectivity index (χ0n) is 15.8. The third-order valence-electron chi connectivity index (χ3n) is 3.77.